The molecule has 0 aromatic rings. The maximum absolute atomic E-state index is 13.5. The molecule has 5 fully saturated rings. The summed E-state index contributed by atoms with van der Waals surface area (Å²) in [7, 11) is 0. The van der Waals surface area contributed by atoms with Crippen molar-refractivity contribution in [3.05, 3.63) is 12.2 Å². The Hall–Kier alpha value is -1.44. The molecule has 2 spiro atoms. The number of hydrogen-bond acceptors (Lipinski definition) is 7. The fourth-order valence-electron chi connectivity index (χ4n) is 7.76. The molecule has 7 nitrogen and oxygen atoms in total. The third kappa shape index (κ3) is 2.14. The van der Waals surface area contributed by atoms with Crippen LogP contribution in [0.2, 0.25) is 0 Å². The summed E-state index contributed by atoms with van der Waals surface area (Å²) in [5.41, 5.74) is -1.43. The van der Waals surface area contributed by atoms with Crippen molar-refractivity contribution in [1.82, 2.24) is 0 Å². The fraction of sp³-hybridized carbons (Fsp3) is 0.818. The molecule has 3 aliphatic carbocycles. The molecule has 160 valence electrons. The average Bonchev–Trinajstić information content (AvgIpc) is 3.09. The number of carbonyl (C=O) groups excluding carboxylic acids is 2. The topological polar surface area (TPSA) is 102 Å². The summed E-state index contributed by atoms with van der Waals surface area (Å²) in [6.07, 6.45) is -0.516. The zero-order chi connectivity index (χ0) is 20.9. The highest BCUT2D eigenvalue weighted by atomic mass is 16.6. The Kier molecular flexibility index (Phi) is 3.92. The van der Waals surface area contributed by atoms with Crippen LogP contribution in [-0.2, 0) is 23.8 Å². The van der Waals surface area contributed by atoms with E-state index in [2.05, 4.69) is 6.58 Å². The molecular weight excluding hydrogens is 376 g/mol. The van der Waals surface area contributed by atoms with E-state index in [-0.39, 0.29) is 30.3 Å². The summed E-state index contributed by atoms with van der Waals surface area (Å²) in [4.78, 5) is 25.4. The Bertz CT molecular complexity index is 790. The third-order valence-electron chi connectivity index (χ3n) is 8.97. The molecule has 3 saturated carbocycles. The van der Waals surface area contributed by atoms with Gasteiger partial charge in [-0.05, 0) is 42.1 Å². The molecule has 0 aromatic heterocycles. The SMILES string of the molecule is C=C1[C@@H]2CC[C@@H]3[C@](C2)(C(=O)O[C@H]2C[C@H](O)C(C)(C)[C@H]4[C@H](O)OC[C@@]243)[C@@H]1OC(C)=O. The predicted molar refractivity (Wildman–Crippen MR) is 100 cm³/mol. The maximum Gasteiger partial charge on any atom is 0.316 e. The number of fused-ring (bicyclic) bond motifs is 1. The van der Waals surface area contributed by atoms with E-state index in [9.17, 15) is 19.8 Å². The fourth-order valence-corrected chi connectivity index (χ4v) is 7.76. The lowest BCUT2D eigenvalue weighted by Crippen LogP contribution is -2.71. The lowest BCUT2D eigenvalue weighted by atomic mass is 9.43. The van der Waals surface area contributed by atoms with E-state index >= 15 is 0 Å². The summed E-state index contributed by atoms with van der Waals surface area (Å²) in [5, 5.41) is 21.6. The van der Waals surface area contributed by atoms with E-state index in [4.69, 9.17) is 14.2 Å². The van der Waals surface area contributed by atoms with E-state index in [1.807, 2.05) is 13.8 Å². The van der Waals surface area contributed by atoms with Gasteiger partial charge in [-0.15, -0.1) is 0 Å². The smallest absolute Gasteiger partial charge is 0.316 e. The van der Waals surface area contributed by atoms with E-state index in [1.165, 1.54) is 6.92 Å². The van der Waals surface area contributed by atoms with Gasteiger partial charge in [0.2, 0.25) is 0 Å². The summed E-state index contributed by atoms with van der Waals surface area (Å²) in [6.45, 7) is 9.70. The van der Waals surface area contributed by atoms with Crippen molar-refractivity contribution in [3.63, 3.8) is 0 Å². The number of aliphatic hydroxyl groups is 2. The first-order valence-electron chi connectivity index (χ1n) is 10.6. The van der Waals surface area contributed by atoms with Gasteiger partial charge in [-0.2, -0.15) is 0 Å². The molecule has 29 heavy (non-hydrogen) atoms. The first-order valence-corrected chi connectivity index (χ1v) is 10.6. The second-order valence-corrected chi connectivity index (χ2v) is 10.4. The lowest BCUT2D eigenvalue weighted by Gasteiger charge is -2.63. The van der Waals surface area contributed by atoms with E-state index in [1.54, 1.807) is 0 Å². The number of ether oxygens (including phenoxy) is 3. The van der Waals surface area contributed by atoms with Crippen LogP contribution in [0.25, 0.3) is 0 Å². The molecule has 0 radical (unpaired) electrons. The van der Waals surface area contributed by atoms with Crippen LogP contribution < -0.4 is 0 Å². The van der Waals surface area contributed by atoms with Gasteiger partial charge < -0.3 is 24.4 Å². The molecule has 2 heterocycles. The zero-order valence-corrected chi connectivity index (χ0v) is 17.2. The molecule has 0 amide bonds. The Labute approximate surface area is 170 Å². The molecule has 5 rings (SSSR count). The van der Waals surface area contributed by atoms with Crippen LogP contribution in [0.1, 0.15) is 46.5 Å². The van der Waals surface area contributed by atoms with Crippen molar-refractivity contribution in [1.29, 1.82) is 0 Å². The van der Waals surface area contributed by atoms with Gasteiger partial charge in [0.1, 0.15) is 17.6 Å². The molecule has 5 aliphatic rings. The van der Waals surface area contributed by atoms with Gasteiger partial charge in [0.25, 0.3) is 0 Å². The molecule has 9 atom stereocenters. The Morgan fingerprint density at radius 1 is 1.28 bits per heavy atom. The van der Waals surface area contributed by atoms with Gasteiger partial charge in [0.05, 0.1) is 12.7 Å². The average molecular weight is 406 g/mol. The van der Waals surface area contributed by atoms with Crippen LogP contribution in [0.5, 0.6) is 0 Å². The highest BCUT2D eigenvalue weighted by Gasteiger charge is 2.78. The molecule has 2 aliphatic heterocycles. The molecule has 0 aromatic carbocycles. The Morgan fingerprint density at radius 3 is 2.69 bits per heavy atom. The number of carbonyl (C=O) groups is 2. The van der Waals surface area contributed by atoms with Crippen LogP contribution in [0.15, 0.2) is 12.2 Å². The number of aliphatic hydroxyl groups excluding tert-OH is 2. The standard InChI is InChI=1S/C22H30O7/c1-10-12-5-6-13-21(8-12,17(10)28-11(2)23)19(26)29-15-7-14(24)20(3,4)16-18(25)27-9-22(13,15)16/h12-18,24-25H,1,5-9H2,2-4H3/t12-,13-,14+,15+,16-,17-,18-,21+,22-/m1/s1. The minimum atomic E-state index is -1.04. The van der Waals surface area contributed by atoms with Crippen molar-refractivity contribution >= 4 is 11.9 Å². The largest absolute Gasteiger partial charge is 0.461 e. The van der Waals surface area contributed by atoms with Crippen molar-refractivity contribution < 1.29 is 34.0 Å². The molecule has 2 bridgehead atoms. The van der Waals surface area contributed by atoms with Gasteiger partial charge in [-0.1, -0.05) is 20.4 Å². The van der Waals surface area contributed by atoms with Gasteiger partial charge in [-0.25, -0.2) is 0 Å². The van der Waals surface area contributed by atoms with Crippen LogP contribution in [0.3, 0.4) is 0 Å². The van der Waals surface area contributed by atoms with E-state index < -0.39 is 46.8 Å². The monoisotopic (exact) mass is 406 g/mol. The first kappa shape index (κ1) is 19.5. The number of esters is 2. The number of hydrogen-bond donors (Lipinski definition) is 2. The summed E-state index contributed by atoms with van der Waals surface area (Å²) < 4.78 is 17.5. The van der Waals surface area contributed by atoms with Gasteiger partial charge >= 0.3 is 11.9 Å². The van der Waals surface area contributed by atoms with E-state index in [0.29, 0.717) is 12.8 Å². The van der Waals surface area contributed by atoms with Crippen molar-refractivity contribution in [2.75, 3.05) is 6.61 Å². The highest BCUT2D eigenvalue weighted by molar-refractivity contribution is 5.82. The molecule has 7 heteroatoms. The second kappa shape index (κ2) is 5.83. The molecule has 2 saturated heterocycles. The van der Waals surface area contributed by atoms with Crippen LogP contribution >= 0.6 is 0 Å². The third-order valence-corrected chi connectivity index (χ3v) is 8.97. The van der Waals surface area contributed by atoms with Gasteiger partial charge in [0.15, 0.2) is 6.29 Å². The predicted octanol–water partition coefficient (Wildman–Crippen LogP) is 1.56. The summed E-state index contributed by atoms with van der Waals surface area (Å²) >= 11 is 0. The minimum Gasteiger partial charge on any atom is -0.461 e. The van der Waals surface area contributed by atoms with Crippen LogP contribution in [0, 0.1) is 34.0 Å². The highest BCUT2D eigenvalue weighted by Crippen LogP contribution is 2.72. The van der Waals surface area contributed by atoms with Crippen molar-refractivity contribution in [2.45, 2.75) is 71.1 Å². The molecule has 0 unspecified atom stereocenters. The Balaban J connectivity index is 1.69. The zero-order valence-electron chi connectivity index (χ0n) is 17.2. The second-order valence-electron chi connectivity index (χ2n) is 10.4. The number of rotatable bonds is 1. The van der Waals surface area contributed by atoms with E-state index in [0.717, 1.165) is 18.4 Å². The van der Waals surface area contributed by atoms with Crippen molar-refractivity contribution in [2.24, 2.45) is 34.0 Å². The van der Waals surface area contributed by atoms with Crippen molar-refractivity contribution in [3.8, 4) is 0 Å². The first-order chi connectivity index (χ1) is 13.6. The molecular formula is C22H30O7. The Morgan fingerprint density at radius 2 is 2.00 bits per heavy atom. The molecule has 2 N–H and O–H groups in total. The van der Waals surface area contributed by atoms with Gasteiger partial charge in [-0.3, -0.25) is 9.59 Å². The van der Waals surface area contributed by atoms with Crippen LogP contribution in [-0.4, -0.2) is 53.4 Å². The maximum atomic E-state index is 13.5. The lowest BCUT2D eigenvalue weighted by molar-refractivity contribution is -0.265. The normalized spacial score (nSPS) is 52.2. The van der Waals surface area contributed by atoms with Gasteiger partial charge in [0, 0.05) is 24.7 Å². The minimum absolute atomic E-state index is 0.115. The quantitative estimate of drug-likeness (QED) is 0.503. The summed E-state index contributed by atoms with van der Waals surface area (Å²) in [6, 6.07) is 0. The summed E-state index contributed by atoms with van der Waals surface area (Å²) in [5.74, 6) is -1.25. The van der Waals surface area contributed by atoms with Crippen LogP contribution in [0.4, 0.5) is 0 Å².